The normalized spacial score (nSPS) is 15.3. The Balaban J connectivity index is 2.43. The van der Waals surface area contributed by atoms with E-state index in [2.05, 4.69) is 15.3 Å². The Morgan fingerprint density at radius 2 is 2.14 bits per heavy atom. The minimum atomic E-state index is 0.464. The summed E-state index contributed by atoms with van der Waals surface area (Å²) >= 11 is 0. The summed E-state index contributed by atoms with van der Waals surface area (Å²) in [7, 11) is 3.35. The van der Waals surface area contributed by atoms with E-state index in [-0.39, 0.29) is 0 Å². The summed E-state index contributed by atoms with van der Waals surface area (Å²) < 4.78 is 5.09. The lowest BCUT2D eigenvalue weighted by Gasteiger charge is -2.09. The van der Waals surface area contributed by atoms with Gasteiger partial charge in [-0.15, -0.1) is 0 Å². The number of methoxy groups -OCH3 is 1. The highest BCUT2D eigenvalue weighted by Gasteiger charge is 2.28. The van der Waals surface area contributed by atoms with E-state index >= 15 is 0 Å². The van der Waals surface area contributed by atoms with Crippen molar-refractivity contribution >= 4 is 11.5 Å². The van der Waals surface area contributed by atoms with E-state index in [1.807, 2.05) is 0 Å². The number of hydrogen-bond acceptors (Lipinski definition) is 5. The third-order valence-corrected chi connectivity index (χ3v) is 2.30. The number of nitrogens with one attached hydrogen (secondary N) is 1. The smallest absolute Gasteiger partial charge is 0.242 e. The Labute approximate surface area is 82.7 Å². The van der Waals surface area contributed by atoms with Gasteiger partial charge in [0.05, 0.1) is 7.11 Å². The molecule has 0 atom stereocenters. The predicted molar refractivity (Wildman–Crippen MR) is 54.5 cm³/mol. The molecule has 1 heterocycles. The Kier molecular flexibility index (Phi) is 2.15. The fraction of sp³-hybridized carbons (Fsp3) is 0.556. The van der Waals surface area contributed by atoms with E-state index in [1.54, 1.807) is 14.2 Å². The molecule has 1 aromatic rings. The highest BCUT2D eigenvalue weighted by Crippen LogP contribution is 2.40. The van der Waals surface area contributed by atoms with Crippen LogP contribution >= 0.6 is 0 Å². The van der Waals surface area contributed by atoms with Crippen LogP contribution in [0.15, 0.2) is 0 Å². The molecule has 1 aliphatic carbocycles. The lowest BCUT2D eigenvalue weighted by molar-refractivity contribution is 0.397. The zero-order valence-corrected chi connectivity index (χ0v) is 8.37. The Hall–Kier alpha value is -1.52. The summed E-state index contributed by atoms with van der Waals surface area (Å²) in [5.74, 6) is 2.45. The van der Waals surface area contributed by atoms with E-state index < -0.39 is 0 Å². The van der Waals surface area contributed by atoms with Crippen molar-refractivity contribution in [2.75, 3.05) is 25.2 Å². The quantitative estimate of drug-likeness (QED) is 0.750. The first-order valence-corrected chi connectivity index (χ1v) is 4.65. The highest BCUT2D eigenvalue weighted by atomic mass is 16.5. The standard InChI is InChI=1S/C9H14N4O/c1-11-8-6(10)9(14-2)13-7(12-8)5-3-4-5/h5H,3-4,10H2,1-2H3,(H,11,12,13). The van der Waals surface area contributed by atoms with Gasteiger partial charge in [0.1, 0.15) is 11.5 Å². The molecule has 0 bridgehead atoms. The molecular formula is C9H14N4O. The fourth-order valence-electron chi connectivity index (χ4n) is 1.34. The maximum atomic E-state index is 5.78. The van der Waals surface area contributed by atoms with E-state index in [9.17, 15) is 0 Å². The van der Waals surface area contributed by atoms with Crippen LogP contribution in [-0.4, -0.2) is 24.1 Å². The van der Waals surface area contributed by atoms with Crippen molar-refractivity contribution in [3.63, 3.8) is 0 Å². The number of nitrogens with two attached hydrogens (primary N) is 1. The van der Waals surface area contributed by atoms with Crippen molar-refractivity contribution in [2.24, 2.45) is 0 Å². The van der Waals surface area contributed by atoms with Gasteiger partial charge in [-0.25, -0.2) is 4.98 Å². The Bertz CT molecular complexity index is 324. The molecule has 0 radical (unpaired) electrons. The lowest BCUT2D eigenvalue weighted by atomic mass is 10.3. The molecule has 14 heavy (non-hydrogen) atoms. The topological polar surface area (TPSA) is 73.1 Å². The van der Waals surface area contributed by atoms with E-state index in [4.69, 9.17) is 10.5 Å². The molecule has 5 heteroatoms. The lowest BCUT2D eigenvalue weighted by Crippen LogP contribution is -2.06. The summed E-state index contributed by atoms with van der Waals surface area (Å²) in [6.45, 7) is 0. The summed E-state index contributed by atoms with van der Waals surface area (Å²) in [4.78, 5) is 8.60. The average molecular weight is 194 g/mol. The van der Waals surface area contributed by atoms with Gasteiger partial charge in [-0.1, -0.05) is 0 Å². The fourth-order valence-corrected chi connectivity index (χ4v) is 1.34. The molecule has 1 aromatic heterocycles. The summed E-state index contributed by atoms with van der Waals surface area (Å²) in [5.41, 5.74) is 6.25. The van der Waals surface area contributed by atoms with Crippen molar-refractivity contribution in [3.8, 4) is 5.88 Å². The van der Waals surface area contributed by atoms with Gasteiger partial charge in [0.15, 0.2) is 5.82 Å². The van der Waals surface area contributed by atoms with Crippen molar-refractivity contribution in [1.82, 2.24) is 9.97 Å². The van der Waals surface area contributed by atoms with Crippen molar-refractivity contribution in [3.05, 3.63) is 5.82 Å². The molecule has 5 nitrogen and oxygen atoms in total. The second-order valence-corrected chi connectivity index (χ2v) is 3.38. The highest BCUT2D eigenvalue weighted by molar-refractivity contribution is 5.66. The molecule has 0 unspecified atom stereocenters. The van der Waals surface area contributed by atoms with E-state index in [0.29, 0.717) is 23.3 Å². The summed E-state index contributed by atoms with van der Waals surface area (Å²) in [6.07, 6.45) is 2.33. The first-order valence-electron chi connectivity index (χ1n) is 4.65. The molecule has 0 aromatic carbocycles. The molecule has 0 spiro atoms. The monoisotopic (exact) mass is 194 g/mol. The van der Waals surface area contributed by atoms with Gasteiger partial charge in [-0.3, -0.25) is 0 Å². The van der Waals surface area contributed by atoms with Gasteiger partial charge in [0, 0.05) is 13.0 Å². The van der Waals surface area contributed by atoms with Crippen LogP contribution in [0.3, 0.4) is 0 Å². The van der Waals surface area contributed by atoms with Crippen LogP contribution in [0.2, 0.25) is 0 Å². The van der Waals surface area contributed by atoms with Crippen LogP contribution in [0.25, 0.3) is 0 Å². The molecule has 0 aliphatic heterocycles. The van der Waals surface area contributed by atoms with Crippen molar-refractivity contribution in [1.29, 1.82) is 0 Å². The third kappa shape index (κ3) is 1.45. The number of ether oxygens (including phenoxy) is 1. The number of anilines is 2. The van der Waals surface area contributed by atoms with Crippen molar-refractivity contribution < 1.29 is 4.74 Å². The van der Waals surface area contributed by atoms with Crippen molar-refractivity contribution in [2.45, 2.75) is 18.8 Å². The molecule has 0 saturated heterocycles. The van der Waals surface area contributed by atoms with E-state index in [1.165, 1.54) is 0 Å². The molecular weight excluding hydrogens is 180 g/mol. The zero-order chi connectivity index (χ0) is 10.1. The molecule has 3 N–H and O–H groups in total. The van der Waals surface area contributed by atoms with Crippen LogP contribution in [0, 0.1) is 0 Å². The number of hydrogen-bond donors (Lipinski definition) is 2. The third-order valence-electron chi connectivity index (χ3n) is 2.30. The van der Waals surface area contributed by atoms with Gasteiger partial charge in [0.25, 0.3) is 0 Å². The molecule has 0 amide bonds. The largest absolute Gasteiger partial charge is 0.479 e. The maximum absolute atomic E-state index is 5.78. The molecule has 76 valence electrons. The van der Waals surface area contributed by atoms with Gasteiger partial charge in [0.2, 0.25) is 5.88 Å². The zero-order valence-electron chi connectivity index (χ0n) is 8.37. The average Bonchev–Trinajstić information content (AvgIpc) is 3.02. The second kappa shape index (κ2) is 3.32. The SMILES string of the molecule is CNc1nc(C2CC2)nc(OC)c1N. The Morgan fingerprint density at radius 1 is 1.43 bits per heavy atom. The minimum absolute atomic E-state index is 0.464. The molecule has 1 saturated carbocycles. The first-order chi connectivity index (χ1) is 6.76. The molecule has 1 aliphatic rings. The molecule has 2 rings (SSSR count). The van der Waals surface area contributed by atoms with Gasteiger partial charge >= 0.3 is 0 Å². The van der Waals surface area contributed by atoms with Crippen LogP contribution in [0.5, 0.6) is 5.88 Å². The summed E-state index contributed by atoms with van der Waals surface area (Å²) in [6, 6.07) is 0. The summed E-state index contributed by atoms with van der Waals surface area (Å²) in [5, 5.41) is 2.94. The Morgan fingerprint density at radius 3 is 2.64 bits per heavy atom. The van der Waals surface area contributed by atoms with Crippen LogP contribution in [0.1, 0.15) is 24.6 Å². The number of aromatic nitrogens is 2. The van der Waals surface area contributed by atoms with Gasteiger partial charge in [-0.2, -0.15) is 4.98 Å². The minimum Gasteiger partial charge on any atom is -0.479 e. The second-order valence-electron chi connectivity index (χ2n) is 3.38. The number of nitrogen functional groups attached to an aromatic ring is 1. The molecule has 1 fully saturated rings. The first kappa shape index (κ1) is 9.05. The van der Waals surface area contributed by atoms with Crippen LogP contribution in [-0.2, 0) is 0 Å². The van der Waals surface area contributed by atoms with Crippen LogP contribution < -0.4 is 15.8 Å². The predicted octanol–water partition coefficient (Wildman–Crippen LogP) is 0.986. The van der Waals surface area contributed by atoms with Crippen LogP contribution in [0.4, 0.5) is 11.5 Å². The number of rotatable bonds is 3. The van der Waals surface area contributed by atoms with Gasteiger partial charge < -0.3 is 15.8 Å². The van der Waals surface area contributed by atoms with Gasteiger partial charge in [-0.05, 0) is 12.8 Å². The maximum Gasteiger partial charge on any atom is 0.242 e. The number of nitrogens with zero attached hydrogens (tertiary/aromatic N) is 2. The van der Waals surface area contributed by atoms with E-state index in [0.717, 1.165) is 18.7 Å².